The zero-order valence-corrected chi connectivity index (χ0v) is 14.3. The zero-order valence-electron chi connectivity index (χ0n) is 11.1. The molecule has 21 heavy (non-hydrogen) atoms. The monoisotopic (exact) mass is 414 g/mol. The fourth-order valence-corrected chi connectivity index (χ4v) is 3.92. The van der Waals surface area contributed by atoms with Gasteiger partial charge in [0.25, 0.3) is 0 Å². The van der Waals surface area contributed by atoms with Crippen LogP contribution in [0.3, 0.4) is 0 Å². The standard InChI is InChI=1S/C16H13Br2FO2/c17-12(7-10-3-1-2-4-14(10)19)11-8-15-16(9-13(11)18)21-6-5-20-15/h1-4,8-9,12H,5-7H2. The van der Waals surface area contributed by atoms with Crippen molar-refractivity contribution in [3.05, 3.63) is 57.8 Å². The number of benzene rings is 2. The van der Waals surface area contributed by atoms with Gasteiger partial charge in [-0.2, -0.15) is 0 Å². The van der Waals surface area contributed by atoms with E-state index in [0.717, 1.165) is 21.5 Å². The maximum atomic E-state index is 13.8. The van der Waals surface area contributed by atoms with Gasteiger partial charge in [-0.15, -0.1) is 0 Å². The van der Waals surface area contributed by atoms with Crippen LogP contribution in [-0.2, 0) is 6.42 Å². The highest BCUT2D eigenvalue weighted by Gasteiger charge is 2.20. The maximum absolute atomic E-state index is 13.8. The molecule has 1 aliphatic rings. The van der Waals surface area contributed by atoms with Gasteiger partial charge in [0.1, 0.15) is 19.0 Å². The third kappa shape index (κ3) is 3.24. The van der Waals surface area contributed by atoms with Crippen molar-refractivity contribution >= 4 is 31.9 Å². The van der Waals surface area contributed by atoms with E-state index in [4.69, 9.17) is 9.47 Å². The Morgan fingerprint density at radius 1 is 1.10 bits per heavy atom. The summed E-state index contributed by atoms with van der Waals surface area (Å²) in [6, 6.07) is 10.7. The second kappa shape index (κ2) is 6.36. The van der Waals surface area contributed by atoms with E-state index in [9.17, 15) is 4.39 Å². The highest BCUT2D eigenvalue weighted by molar-refractivity contribution is 9.11. The van der Waals surface area contributed by atoms with E-state index in [-0.39, 0.29) is 10.6 Å². The molecule has 1 unspecified atom stereocenters. The second-order valence-electron chi connectivity index (χ2n) is 4.78. The van der Waals surface area contributed by atoms with Crippen LogP contribution in [0, 0.1) is 5.82 Å². The number of alkyl halides is 1. The number of halogens is 3. The zero-order chi connectivity index (χ0) is 14.8. The van der Waals surface area contributed by atoms with Crippen LogP contribution in [0.5, 0.6) is 11.5 Å². The summed E-state index contributed by atoms with van der Waals surface area (Å²) in [5.74, 6) is 1.29. The van der Waals surface area contributed by atoms with Crippen molar-refractivity contribution < 1.29 is 13.9 Å². The molecule has 0 N–H and O–H groups in total. The minimum atomic E-state index is -0.185. The van der Waals surface area contributed by atoms with E-state index in [1.165, 1.54) is 6.07 Å². The molecule has 2 aromatic rings. The van der Waals surface area contributed by atoms with Gasteiger partial charge in [-0.3, -0.25) is 0 Å². The largest absolute Gasteiger partial charge is 0.486 e. The SMILES string of the molecule is Fc1ccccc1CC(Br)c1cc2c(cc1Br)OCCO2. The van der Waals surface area contributed by atoms with Crippen molar-refractivity contribution in [1.82, 2.24) is 0 Å². The van der Waals surface area contributed by atoms with Crippen molar-refractivity contribution in [2.45, 2.75) is 11.2 Å². The van der Waals surface area contributed by atoms with Gasteiger partial charge >= 0.3 is 0 Å². The lowest BCUT2D eigenvalue weighted by atomic mass is 10.0. The molecule has 0 amide bonds. The van der Waals surface area contributed by atoms with Gasteiger partial charge in [-0.25, -0.2) is 4.39 Å². The molecule has 0 aliphatic carbocycles. The molecule has 5 heteroatoms. The lowest BCUT2D eigenvalue weighted by Crippen LogP contribution is -2.15. The molecule has 110 valence electrons. The molecule has 1 atom stereocenters. The fourth-order valence-electron chi connectivity index (χ4n) is 2.29. The molecule has 2 nitrogen and oxygen atoms in total. The molecule has 0 saturated carbocycles. The number of hydrogen-bond donors (Lipinski definition) is 0. The molecule has 0 radical (unpaired) electrons. The number of hydrogen-bond acceptors (Lipinski definition) is 2. The first-order valence-electron chi connectivity index (χ1n) is 6.61. The Kier molecular flexibility index (Phi) is 4.50. The molecular formula is C16H13Br2FO2. The predicted octanol–water partition coefficient (Wildman–Crippen LogP) is 5.04. The van der Waals surface area contributed by atoms with E-state index in [1.54, 1.807) is 12.1 Å². The fraction of sp³-hybridized carbons (Fsp3) is 0.250. The van der Waals surface area contributed by atoms with Crippen LogP contribution >= 0.6 is 31.9 Å². The molecule has 0 saturated heterocycles. The topological polar surface area (TPSA) is 18.5 Å². The molecule has 3 rings (SSSR count). The van der Waals surface area contributed by atoms with Crippen molar-refractivity contribution in [2.24, 2.45) is 0 Å². The number of fused-ring (bicyclic) bond motifs is 1. The van der Waals surface area contributed by atoms with E-state index in [2.05, 4.69) is 31.9 Å². The molecule has 0 spiro atoms. The van der Waals surface area contributed by atoms with Crippen LogP contribution in [0.2, 0.25) is 0 Å². The highest BCUT2D eigenvalue weighted by atomic mass is 79.9. The first kappa shape index (κ1) is 14.9. The lowest BCUT2D eigenvalue weighted by molar-refractivity contribution is 0.171. The van der Waals surface area contributed by atoms with Gasteiger partial charge in [-0.1, -0.05) is 50.1 Å². The van der Waals surface area contributed by atoms with Crippen LogP contribution in [0.4, 0.5) is 4.39 Å². The molecule has 0 aromatic heterocycles. The summed E-state index contributed by atoms with van der Waals surface area (Å²) in [6.07, 6.45) is 0.560. The summed E-state index contributed by atoms with van der Waals surface area (Å²) >= 11 is 7.19. The van der Waals surface area contributed by atoms with Crippen LogP contribution in [0.25, 0.3) is 0 Å². The van der Waals surface area contributed by atoms with E-state index < -0.39 is 0 Å². The second-order valence-corrected chi connectivity index (χ2v) is 6.74. The Labute approximate surface area is 139 Å². The van der Waals surface area contributed by atoms with E-state index in [0.29, 0.717) is 25.2 Å². The van der Waals surface area contributed by atoms with Gasteiger partial charge in [0, 0.05) is 9.30 Å². The van der Waals surface area contributed by atoms with Gasteiger partial charge in [-0.05, 0) is 35.7 Å². The van der Waals surface area contributed by atoms with Crippen molar-refractivity contribution in [3.63, 3.8) is 0 Å². The maximum Gasteiger partial charge on any atom is 0.162 e. The molecule has 0 fully saturated rings. The van der Waals surface area contributed by atoms with Gasteiger partial charge in [0.2, 0.25) is 0 Å². The average molecular weight is 416 g/mol. The number of rotatable bonds is 3. The third-order valence-electron chi connectivity index (χ3n) is 3.36. The predicted molar refractivity (Wildman–Crippen MR) is 86.9 cm³/mol. The summed E-state index contributed by atoms with van der Waals surface area (Å²) in [5, 5.41) is 0. The Morgan fingerprint density at radius 3 is 2.48 bits per heavy atom. The van der Waals surface area contributed by atoms with Crippen LogP contribution in [0.15, 0.2) is 40.9 Å². The first-order valence-corrected chi connectivity index (χ1v) is 8.32. The molecule has 2 aromatic carbocycles. The van der Waals surface area contributed by atoms with Gasteiger partial charge in [0.15, 0.2) is 11.5 Å². The minimum Gasteiger partial charge on any atom is -0.486 e. The Hall–Kier alpha value is -1.07. The summed E-state index contributed by atoms with van der Waals surface area (Å²) in [7, 11) is 0. The molecule has 1 heterocycles. The Balaban J connectivity index is 1.87. The van der Waals surface area contributed by atoms with Crippen LogP contribution in [0.1, 0.15) is 16.0 Å². The molecular weight excluding hydrogens is 403 g/mol. The summed E-state index contributed by atoms with van der Waals surface area (Å²) in [5.41, 5.74) is 1.70. The van der Waals surface area contributed by atoms with Crippen molar-refractivity contribution in [3.8, 4) is 11.5 Å². The van der Waals surface area contributed by atoms with Crippen LogP contribution in [-0.4, -0.2) is 13.2 Å². The summed E-state index contributed by atoms with van der Waals surface area (Å²) in [6.45, 7) is 1.11. The Morgan fingerprint density at radius 2 is 1.76 bits per heavy atom. The normalized spacial score (nSPS) is 14.8. The van der Waals surface area contributed by atoms with Crippen molar-refractivity contribution in [2.75, 3.05) is 13.2 Å². The number of ether oxygens (including phenoxy) is 2. The first-order chi connectivity index (χ1) is 10.1. The lowest BCUT2D eigenvalue weighted by Gasteiger charge is -2.21. The quantitative estimate of drug-likeness (QED) is 0.654. The summed E-state index contributed by atoms with van der Waals surface area (Å²) < 4.78 is 25.8. The smallest absolute Gasteiger partial charge is 0.162 e. The molecule has 0 bridgehead atoms. The third-order valence-corrected chi connectivity index (χ3v) is 4.86. The highest BCUT2D eigenvalue weighted by Crippen LogP contribution is 2.41. The Bertz CT molecular complexity index is 661. The van der Waals surface area contributed by atoms with Crippen molar-refractivity contribution in [1.29, 1.82) is 0 Å². The van der Waals surface area contributed by atoms with Gasteiger partial charge < -0.3 is 9.47 Å². The van der Waals surface area contributed by atoms with Gasteiger partial charge in [0.05, 0.1) is 0 Å². The van der Waals surface area contributed by atoms with E-state index >= 15 is 0 Å². The summed E-state index contributed by atoms with van der Waals surface area (Å²) in [4.78, 5) is -0.0143. The molecule has 1 aliphatic heterocycles. The van der Waals surface area contributed by atoms with E-state index in [1.807, 2.05) is 18.2 Å². The van der Waals surface area contributed by atoms with Crippen LogP contribution < -0.4 is 9.47 Å². The minimum absolute atomic E-state index is 0.0143. The average Bonchev–Trinajstić information content (AvgIpc) is 2.49.